The molecule has 2 aliphatic carbocycles. The lowest BCUT2D eigenvalue weighted by atomic mass is 9.61. The fourth-order valence-corrected chi connectivity index (χ4v) is 7.55. The van der Waals surface area contributed by atoms with Gasteiger partial charge in [-0.1, -0.05) is 80.1 Å². The summed E-state index contributed by atoms with van der Waals surface area (Å²) in [5.41, 5.74) is 1.51. The number of hydrogen-bond donors (Lipinski definition) is 0. The van der Waals surface area contributed by atoms with E-state index in [1.165, 1.54) is 12.1 Å². The molecule has 1 heterocycles. The average molecular weight is 521 g/mol. The molecule has 3 aromatic carbocycles. The van der Waals surface area contributed by atoms with Crippen molar-refractivity contribution in [1.82, 2.24) is 0 Å². The Balaban J connectivity index is 1.64. The monoisotopic (exact) mass is 520 g/mol. The predicted molar refractivity (Wildman–Crippen MR) is 147 cm³/mol. The van der Waals surface area contributed by atoms with Crippen molar-refractivity contribution in [2.75, 3.05) is 4.90 Å². The molecular formula is C32H28N2O5. The molecule has 3 aliphatic rings. The summed E-state index contributed by atoms with van der Waals surface area (Å²) in [5, 5.41) is 11.5. The van der Waals surface area contributed by atoms with Crippen LogP contribution in [0.15, 0.2) is 78.9 Å². The third-order valence-electron chi connectivity index (χ3n) is 8.97. The van der Waals surface area contributed by atoms with Gasteiger partial charge in [-0.05, 0) is 48.1 Å². The Labute approximate surface area is 226 Å². The average Bonchev–Trinajstić information content (AvgIpc) is 3.40. The van der Waals surface area contributed by atoms with Gasteiger partial charge in [0.1, 0.15) is 0 Å². The standard InChI is InChI=1S/C32H28N2O5/c1-4-17-32-25(21-13-9-6-10-14-21)24(20-11-7-5-8-12-20)31(3,30(32)37)26-27(32)29(36)33(28(26)35)23-18-22(34(38)39)16-15-19(23)2/h5-16,18,26-27H,4,17H2,1-3H3/t26-,27-,31-,32+/m0/s1. The summed E-state index contributed by atoms with van der Waals surface area (Å²) in [7, 11) is 0. The first-order chi connectivity index (χ1) is 18.7. The second-order valence-electron chi connectivity index (χ2n) is 10.9. The molecule has 6 rings (SSSR count). The van der Waals surface area contributed by atoms with Crippen molar-refractivity contribution in [2.45, 2.75) is 33.6 Å². The van der Waals surface area contributed by atoms with Crippen LogP contribution in [0.25, 0.3) is 11.1 Å². The summed E-state index contributed by atoms with van der Waals surface area (Å²) in [6, 6.07) is 23.5. The lowest BCUT2D eigenvalue weighted by Crippen LogP contribution is -2.41. The highest BCUT2D eigenvalue weighted by Gasteiger charge is 2.80. The number of aryl methyl sites for hydroxylation is 1. The fraction of sp³-hybridized carbons (Fsp3) is 0.281. The molecule has 196 valence electrons. The maximum Gasteiger partial charge on any atom is 0.271 e. The number of rotatable bonds is 6. The van der Waals surface area contributed by atoms with E-state index in [0.29, 0.717) is 18.4 Å². The number of carbonyl (C=O) groups excluding carboxylic acids is 3. The summed E-state index contributed by atoms with van der Waals surface area (Å²) in [6.45, 7) is 5.53. The van der Waals surface area contributed by atoms with E-state index in [-0.39, 0.29) is 17.2 Å². The Morgan fingerprint density at radius 1 is 0.846 bits per heavy atom. The highest BCUT2D eigenvalue weighted by atomic mass is 16.6. The first-order valence-electron chi connectivity index (χ1n) is 13.2. The van der Waals surface area contributed by atoms with E-state index in [2.05, 4.69) is 0 Å². The number of benzene rings is 3. The van der Waals surface area contributed by atoms with Crippen molar-refractivity contribution in [3.05, 3.63) is 106 Å². The van der Waals surface area contributed by atoms with Crippen molar-refractivity contribution in [3.8, 4) is 0 Å². The molecule has 1 aliphatic heterocycles. The van der Waals surface area contributed by atoms with E-state index in [4.69, 9.17) is 0 Å². The number of nitro benzene ring substituents is 1. The first-order valence-corrected chi connectivity index (χ1v) is 13.2. The van der Waals surface area contributed by atoms with Crippen LogP contribution in [0.3, 0.4) is 0 Å². The molecule has 0 unspecified atom stereocenters. The molecule has 3 aromatic rings. The summed E-state index contributed by atoms with van der Waals surface area (Å²) in [4.78, 5) is 55.5. The van der Waals surface area contributed by atoms with E-state index in [1.54, 1.807) is 13.0 Å². The fourth-order valence-electron chi connectivity index (χ4n) is 7.55. The van der Waals surface area contributed by atoms with Crippen LogP contribution in [-0.2, 0) is 14.4 Å². The summed E-state index contributed by atoms with van der Waals surface area (Å²) in [5.74, 6) is -2.79. The van der Waals surface area contributed by atoms with E-state index in [1.807, 2.05) is 74.5 Å². The molecule has 0 spiro atoms. The second kappa shape index (κ2) is 8.56. The van der Waals surface area contributed by atoms with Crippen LogP contribution in [0.5, 0.6) is 0 Å². The Morgan fingerprint density at radius 2 is 1.41 bits per heavy atom. The van der Waals surface area contributed by atoms with E-state index in [9.17, 15) is 24.5 Å². The van der Waals surface area contributed by atoms with Gasteiger partial charge in [-0.3, -0.25) is 24.5 Å². The molecule has 0 radical (unpaired) electrons. The molecule has 2 bridgehead atoms. The van der Waals surface area contributed by atoms with E-state index in [0.717, 1.165) is 27.2 Å². The van der Waals surface area contributed by atoms with Gasteiger partial charge in [0, 0.05) is 12.1 Å². The zero-order valence-electron chi connectivity index (χ0n) is 22.0. The minimum Gasteiger partial charge on any atom is -0.298 e. The first kappa shape index (κ1) is 24.9. The smallest absolute Gasteiger partial charge is 0.271 e. The highest BCUT2D eigenvalue weighted by molar-refractivity contribution is 6.34. The number of non-ortho nitro benzene ring substituents is 1. The molecule has 7 nitrogen and oxygen atoms in total. The maximum atomic E-state index is 14.7. The second-order valence-corrected chi connectivity index (χ2v) is 10.9. The van der Waals surface area contributed by atoms with Gasteiger partial charge in [0.05, 0.1) is 33.3 Å². The number of ketones is 1. The van der Waals surface area contributed by atoms with Crippen LogP contribution in [0.4, 0.5) is 11.4 Å². The van der Waals surface area contributed by atoms with Crippen LogP contribution < -0.4 is 4.90 Å². The van der Waals surface area contributed by atoms with Crippen molar-refractivity contribution in [2.24, 2.45) is 22.7 Å². The van der Waals surface area contributed by atoms with Gasteiger partial charge >= 0.3 is 0 Å². The summed E-state index contributed by atoms with van der Waals surface area (Å²) in [6.07, 6.45) is 1.06. The van der Waals surface area contributed by atoms with Gasteiger partial charge in [0.15, 0.2) is 5.78 Å². The third-order valence-corrected chi connectivity index (χ3v) is 8.97. The molecule has 0 N–H and O–H groups in total. The van der Waals surface area contributed by atoms with Crippen LogP contribution >= 0.6 is 0 Å². The number of nitro groups is 1. The van der Waals surface area contributed by atoms with Crippen molar-refractivity contribution < 1.29 is 19.3 Å². The number of amides is 2. The van der Waals surface area contributed by atoms with E-state index >= 15 is 0 Å². The number of Topliss-reactive ketones (excluding diaryl/α,β-unsaturated/α-hetero) is 1. The minimum absolute atomic E-state index is 0.0818. The van der Waals surface area contributed by atoms with Crippen LogP contribution in [0, 0.1) is 39.7 Å². The number of nitrogens with zero attached hydrogens (tertiary/aromatic N) is 2. The minimum atomic E-state index is -1.23. The van der Waals surface area contributed by atoms with Gasteiger partial charge in [0.25, 0.3) is 5.69 Å². The Hall–Kier alpha value is -4.39. The molecule has 2 amide bonds. The van der Waals surface area contributed by atoms with Crippen LogP contribution in [0.2, 0.25) is 0 Å². The van der Waals surface area contributed by atoms with Crippen molar-refractivity contribution in [1.29, 1.82) is 0 Å². The predicted octanol–water partition coefficient (Wildman–Crippen LogP) is 6.01. The summed E-state index contributed by atoms with van der Waals surface area (Å²) >= 11 is 0. The number of anilines is 1. The molecule has 7 heteroatoms. The van der Waals surface area contributed by atoms with Gasteiger partial charge in [0.2, 0.25) is 11.8 Å². The maximum absolute atomic E-state index is 14.7. The zero-order valence-corrected chi connectivity index (χ0v) is 22.0. The Bertz CT molecular complexity index is 1600. The number of carbonyl (C=O) groups is 3. The quantitative estimate of drug-likeness (QED) is 0.225. The SMILES string of the molecule is CCC[C@@]12C(=O)[C@@](C)(C(c3ccccc3)=C1c1ccccc1)[C@@H]1C(=O)N(c3cc([N+](=O)[O-])ccc3C)C(=O)[C@H]12. The molecule has 39 heavy (non-hydrogen) atoms. The van der Waals surface area contributed by atoms with Gasteiger partial charge in [-0.2, -0.15) is 0 Å². The number of hydrogen-bond acceptors (Lipinski definition) is 5. The van der Waals surface area contributed by atoms with Gasteiger partial charge < -0.3 is 0 Å². The zero-order chi connectivity index (χ0) is 27.7. The van der Waals surface area contributed by atoms with Crippen LogP contribution in [0.1, 0.15) is 43.4 Å². The lowest BCUT2D eigenvalue weighted by molar-refractivity contribution is -0.384. The third kappa shape index (κ3) is 3.07. The molecule has 2 fully saturated rings. The van der Waals surface area contributed by atoms with E-state index < -0.39 is 39.4 Å². The topological polar surface area (TPSA) is 97.6 Å². The molecule has 0 aromatic heterocycles. The van der Waals surface area contributed by atoms with Crippen molar-refractivity contribution in [3.63, 3.8) is 0 Å². The normalized spacial score (nSPS) is 27.5. The van der Waals surface area contributed by atoms with Crippen molar-refractivity contribution >= 4 is 40.1 Å². The summed E-state index contributed by atoms with van der Waals surface area (Å²) < 4.78 is 0. The van der Waals surface area contributed by atoms with Gasteiger partial charge in [-0.25, -0.2) is 4.90 Å². The largest absolute Gasteiger partial charge is 0.298 e. The number of imide groups is 1. The van der Waals surface area contributed by atoms with Gasteiger partial charge in [-0.15, -0.1) is 0 Å². The molecular weight excluding hydrogens is 492 g/mol. The number of allylic oxidation sites excluding steroid dienone is 2. The molecule has 1 saturated heterocycles. The van der Waals surface area contributed by atoms with Crippen LogP contribution in [-0.4, -0.2) is 22.5 Å². The highest BCUT2D eigenvalue weighted by Crippen LogP contribution is 2.75. The molecule has 4 atom stereocenters. The molecule has 1 saturated carbocycles. The Kier molecular flexibility index (Phi) is 5.47. The Morgan fingerprint density at radius 3 is 1.97 bits per heavy atom. The number of fused-ring (bicyclic) bond motifs is 5. The lowest BCUT2D eigenvalue weighted by Gasteiger charge is -2.37.